The van der Waals surface area contributed by atoms with Gasteiger partial charge in [-0.1, -0.05) is 6.58 Å². The molecule has 6 nitrogen and oxygen atoms in total. The van der Waals surface area contributed by atoms with Gasteiger partial charge in [-0.15, -0.1) is 0 Å². The number of anilines is 3. The number of carbonyl (C=O) groups excluding carboxylic acids is 1. The number of phenols is 1. The number of nitrogens with one attached hydrogen (secondary N) is 1. The molecule has 164 valence electrons. The smallest absolute Gasteiger partial charge is 0.227 e. The van der Waals surface area contributed by atoms with Gasteiger partial charge in [0.05, 0.1) is 11.4 Å². The Labute approximate surface area is 186 Å². The number of hydrogen-bond donors (Lipinski definition) is 2. The largest absolute Gasteiger partial charge is 0.506 e. The van der Waals surface area contributed by atoms with E-state index in [0.29, 0.717) is 22.8 Å². The molecule has 1 fully saturated rings. The topological polar surface area (TPSA) is 78.3 Å². The van der Waals surface area contributed by atoms with Crippen molar-refractivity contribution in [1.29, 1.82) is 0 Å². The fourth-order valence-corrected chi connectivity index (χ4v) is 3.83. The summed E-state index contributed by atoms with van der Waals surface area (Å²) in [4.78, 5) is 22.7. The van der Waals surface area contributed by atoms with Crippen LogP contribution in [0.4, 0.5) is 21.7 Å². The van der Waals surface area contributed by atoms with Gasteiger partial charge in [0.2, 0.25) is 5.95 Å². The zero-order valence-electron chi connectivity index (χ0n) is 17.7. The Morgan fingerprint density at radius 1 is 1.16 bits per heavy atom. The third-order valence-electron chi connectivity index (χ3n) is 5.52. The molecule has 3 aromatic rings. The van der Waals surface area contributed by atoms with Crippen LogP contribution in [0.15, 0.2) is 61.3 Å². The number of piperidine rings is 1. The molecule has 2 N–H and O–H groups in total. The number of halogens is 1. The number of rotatable bonds is 7. The van der Waals surface area contributed by atoms with Gasteiger partial charge in [0.25, 0.3) is 0 Å². The van der Waals surface area contributed by atoms with Crippen LogP contribution < -0.4 is 10.2 Å². The second-order valence-corrected chi connectivity index (χ2v) is 7.80. The van der Waals surface area contributed by atoms with Crippen molar-refractivity contribution in [1.82, 2.24) is 9.97 Å². The van der Waals surface area contributed by atoms with Crippen LogP contribution in [0.2, 0.25) is 0 Å². The number of nitrogens with zero attached hydrogens (tertiary/aromatic N) is 3. The molecule has 0 saturated carbocycles. The molecule has 7 heteroatoms. The normalized spacial score (nSPS) is 13.6. The van der Waals surface area contributed by atoms with Crippen LogP contribution in [-0.4, -0.2) is 33.9 Å². The van der Waals surface area contributed by atoms with Crippen molar-refractivity contribution >= 4 is 23.1 Å². The van der Waals surface area contributed by atoms with Crippen molar-refractivity contribution in [2.75, 3.05) is 23.3 Å². The molecule has 1 aromatic heterocycles. The lowest BCUT2D eigenvalue weighted by Gasteiger charge is -2.29. The summed E-state index contributed by atoms with van der Waals surface area (Å²) in [5.74, 6) is -0.0560. The van der Waals surface area contributed by atoms with Gasteiger partial charge in [0, 0.05) is 37.0 Å². The minimum atomic E-state index is -0.439. The molecule has 0 radical (unpaired) electrons. The van der Waals surface area contributed by atoms with Gasteiger partial charge in [-0.3, -0.25) is 4.79 Å². The SMILES string of the molecule is C=CC(=O)Cc1cc(-c2ccnc(Nc3ccc(O)c(N4CCCCC4)c3)n2)ccc1F. The summed E-state index contributed by atoms with van der Waals surface area (Å²) in [5, 5.41) is 13.5. The fourth-order valence-electron chi connectivity index (χ4n) is 3.83. The summed E-state index contributed by atoms with van der Waals surface area (Å²) in [5.41, 5.74) is 3.14. The molecule has 1 aliphatic heterocycles. The van der Waals surface area contributed by atoms with Crippen molar-refractivity contribution in [2.45, 2.75) is 25.7 Å². The lowest BCUT2D eigenvalue weighted by atomic mass is 10.0. The van der Waals surface area contributed by atoms with E-state index in [1.54, 1.807) is 36.5 Å². The first-order valence-electron chi connectivity index (χ1n) is 10.7. The number of aromatic nitrogens is 2. The Hall–Kier alpha value is -3.74. The quantitative estimate of drug-likeness (QED) is 0.403. The summed E-state index contributed by atoms with van der Waals surface area (Å²) in [6.45, 7) is 5.28. The predicted octanol–water partition coefficient (Wildman–Crippen LogP) is 5.02. The molecule has 0 bridgehead atoms. The number of allylic oxidation sites excluding steroid dienone is 1. The summed E-state index contributed by atoms with van der Waals surface area (Å²) >= 11 is 0. The van der Waals surface area contributed by atoms with Gasteiger partial charge in [-0.25, -0.2) is 14.4 Å². The molecule has 4 rings (SSSR count). The number of benzene rings is 2. The molecule has 0 amide bonds. The van der Waals surface area contributed by atoms with E-state index in [0.717, 1.165) is 37.3 Å². The Kier molecular flexibility index (Phi) is 6.44. The first-order chi connectivity index (χ1) is 15.5. The van der Waals surface area contributed by atoms with Crippen molar-refractivity contribution in [2.24, 2.45) is 0 Å². The summed E-state index contributed by atoms with van der Waals surface area (Å²) in [6.07, 6.45) is 6.19. The zero-order valence-corrected chi connectivity index (χ0v) is 17.7. The highest BCUT2D eigenvalue weighted by molar-refractivity contribution is 5.91. The number of ketones is 1. The van der Waals surface area contributed by atoms with E-state index in [1.807, 2.05) is 6.07 Å². The van der Waals surface area contributed by atoms with Gasteiger partial charge < -0.3 is 15.3 Å². The van der Waals surface area contributed by atoms with Crippen LogP contribution in [0.5, 0.6) is 5.75 Å². The molecule has 2 heterocycles. The van der Waals surface area contributed by atoms with E-state index >= 15 is 0 Å². The highest BCUT2D eigenvalue weighted by atomic mass is 19.1. The first-order valence-corrected chi connectivity index (χ1v) is 10.7. The maximum atomic E-state index is 14.1. The van der Waals surface area contributed by atoms with E-state index < -0.39 is 5.82 Å². The van der Waals surface area contributed by atoms with Gasteiger partial charge >= 0.3 is 0 Å². The highest BCUT2D eigenvalue weighted by Crippen LogP contribution is 2.33. The molecular weight excluding hydrogens is 407 g/mol. The minimum Gasteiger partial charge on any atom is -0.506 e. The van der Waals surface area contributed by atoms with Crippen molar-refractivity contribution in [3.63, 3.8) is 0 Å². The summed E-state index contributed by atoms with van der Waals surface area (Å²) in [6, 6.07) is 11.6. The molecule has 0 atom stereocenters. The third kappa shape index (κ3) is 4.94. The van der Waals surface area contributed by atoms with Gasteiger partial charge in [-0.2, -0.15) is 0 Å². The number of aromatic hydroxyl groups is 1. The average molecular weight is 432 g/mol. The second kappa shape index (κ2) is 9.60. The van der Waals surface area contributed by atoms with Crippen molar-refractivity contribution in [3.8, 4) is 17.0 Å². The van der Waals surface area contributed by atoms with Crippen LogP contribution >= 0.6 is 0 Å². The molecular formula is C25H25FN4O2. The van der Waals surface area contributed by atoms with Gasteiger partial charge in [0.1, 0.15) is 11.6 Å². The van der Waals surface area contributed by atoms with Gasteiger partial charge in [0.15, 0.2) is 5.78 Å². The summed E-state index contributed by atoms with van der Waals surface area (Å²) in [7, 11) is 0. The molecule has 0 unspecified atom stereocenters. The van der Waals surface area contributed by atoms with E-state index in [9.17, 15) is 14.3 Å². The number of hydrogen-bond acceptors (Lipinski definition) is 6. The van der Waals surface area contributed by atoms with E-state index in [2.05, 4.69) is 26.8 Å². The second-order valence-electron chi connectivity index (χ2n) is 7.80. The lowest BCUT2D eigenvalue weighted by Crippen LogP contribution is -2.29. The maximum absolute atomic E-state index is 14.1. The Bertz CT molecular complexity index is 1140. The number of carbonyl (C=O) groups is 1. The number of phenolic OH excluding ortho intramolecular Hbond substituents is 1. The molecule has 1 aliphatic rings. The standard InChI is InChI=1S/C25H25FN4O2/c1-2-20(31)15-18-14-17(6-8-21(18)26)22-10-11-27-25(29-22)28-19-7-9-24(32)23(16-19)30-12-4-3-5-13-30/h2,6-11,14,16,32H,1,3-5,12-13,15H2,(H,27,28,29). The fraction of sp³-hybridized carbons (Fsp3) is 0.240. The van der Waals surface area contributed by atoms with Crippen LogP contribution in [0.25, 0.3) is 11.3 Å². The van der Waals surface area contributed by atoms with Crippen LogP contribution in [0.3, 0.4) is 0 Å². The lowest BCUT2D eigenvalue weighted by molar-refractivity contribution is -0.114. The third-order valence-corrected chi connectivity index (χ3v) is 5.52. The first kappa shape index (κ1) is 21.5. The molecule has 2 aromatic carbocycles. The average Bonchev–Trinajstić information content (AvgIpc) is 2.82. The van der Waals surface area contributed by atoms with E-state index in [4.69, 9.17) is 0 Å². The highest BCUT2D eigenvalue weighted by Gasteiger charge is 2.15. The zero-order chi connectivity index (χ0) is 22.5. The Morgan fingerprint density at radius 3 is 2.75 bits per heavy atom. The Morgan fingerprint density at radius 2 is 1.97 bits per heavy atom. The van der Waals surface area contributed by atoms with E-state index in [1.165, 1.54) is 18.6 Å². The Balaban J connectivity index is 1.57. The predicted molar refractivity (Wildman–Crippen MR) is 124 cm³/mol. The van der Waals surface area contributed by atoms with Crippen molar-refractivity contribution in [3.05, 3.63) is 72.7 Å². The molecule has 1 saturated heterocycles. The summed E-state index contributed by atoms with van der Waals surface area (Å²) < 4.78 is 14.1. The molecule has 0 aliphatic carbocycles. The van der Waals surface area contributed by atoms with Crippen LogP contribution in [0, 0.1) is 5.82 Å². The van der Waals surface area contributed by atoms with E-state index in [-0.39, 0.29) is 18.0 Å². The molecule has 32 heavy (non-hydrogen) atoms. The molecule has 0 spiro atoms. The maximum Gasteiger partial charge on any atom is 0.227 e. The minimum absolute atomic E-state index is 0.0495. The van der Waals surface area contributed by atoms with Gasteiger partial charge in [-0.05, 0) is 73.4 Å². The van der Waals surface area contributed by atoms with Crippen LogP contribution in [-0.2, 0) is 11.2 Å². The van der Waals surface area contributed by atoms with Crippen LogP contribution in [0.1, 0.15) is 24.8 Å². The van der Waals surface area contributed by atoms with Crippen molar-refractivity contribution < 1.29 is 14.3 Å². The monoisotopic (exact) mass is 432 g/mol.